The molecule has 0 spiro atoms. The third-order valence-corrected chi connectivity index (χ3v) is 5.16. The van der Waals surface area contributed by atoms with Gasteiger partial charge in [0.25, 0.3) is 0 Å². The third-order valence-electron chi connectivity index (χ3n) is 2.54. The van der Waals surface area contributed by atoms with Crippen LogP contribution in [0.1, 0.15) is 34.1 Å². The van der Waals surface area contributed by atoms with Crippen LogP contribution in [0.3, 0.4) is 0 Å². The van der Waals surface area contributed by atoms with E-state index in [1.807, 2.05) is 0 Å². The fraction of sp³-hybridized carbons (Fsp3) is 0.462. The molecule has 0 saturated carbocycles. The van der Waals surface area contributed by atoms with Crippen molar-refractivity contribution in [2.75, 3.05) is 0 Å². The molecule has 0 atom stereocenters. The van der Waals surface area contributed by atoms with Crippen LogP contribution in [0.4, 0.5) is 0 Å². The Balaban J connectivity index is 2.84. The molecule has 0 aromatic heterocycles. The zero-order valence-corrected chi connectivity index (χ0v) is 12.4. The quantitative estimate of drug-likeness (QED) is 0.672. The minimum atomic E-state index is 0.305. The third kappa shape index (κ3) is 2.64. The van der Waals surface area contributed by atoms with Gasteiger partial charge in [0.05, 0.1) is 0 Å². The summed E-state index contributed by atoms with van der Waals surface area (Å²) in [6, 6.07) is 0. The van der Waals surface area contributed by atoms with Gasteiger partial charge in [0.15, 0.2) is 0 Å². The van der Waals surface area contributed by atoms with Crippen molar-refractivity contribution >= 4 is 3.90 Å². The van der Waals surface area contributed by atoms with E-state index in [0.29, 0.717) is 5.41 Å². The first-order valence-electron chi connectivity index (χ1n) is 4.94. The summed E-state index contributed by atoms with van der Waals surface area (Å²) in [4.78, 5) is 0. The Morgan fingerprint density at radius 2 is 2.07 bits per heavy atom. The van der Waals surface area contributed by atoms with Gasteiger partial charge >= 0.3 is 98.2 Å². The van der Waals surface area contributed by atoms with E-state index < -0.39 is 0 Å². The first-order chi connectivity index (χ1) is 6.32. The predicted molar refractivity (Wildman–Crippen MR) is 60.1 cm³/mol. The van der Waals surface area contributed by atoms with Crippen molar-refractivity contribution < 1.29 is 19.4 Å². The van der Waals surface area contributed by atoms with Crippen LogP contribution in [-0.4, -0.2) is 3.90 Å². The average molecular weight is 358 g/mol. The van der Waals surface area contributed by atoms with Crippen LogP contribution in [0.5, 0.6) is 0 Å². The summed E-state index contributed by atoms with van der Waals surface area (Å²) >= 11 is 1.57. The summed E-state index contributed by atoms with van der Waals surface area (Å²) in [5.74, 6) is 0. The summed E-state index contributed by atoms with van der Waals surface area (Å²) in [6.45, 7) is 13.1. The van der Waals surface area contributed by atoms with Crippen molar-refractivity contribution in [2.45, 2.75) is 34.1 Å². The van der Waals surface area contributed by atoms with Crippen molar-refractivity contribution in [3.05, 3.63) is 35.5 Å². The molecule has 0 unspecified atom stereocenters. The number of hydrogen-bond donors (Lipinski definition) is 0. The fourth-order valence-corrected chi connectivity index (χ4v) is 1.79. The van der Waals surface area contributed by atoms with Crippen LogP contribution in [0.2, 0.25) is 0 Å². The van der Waals surface area contributed by atoms with Crippen molar-refractivity contribution in [1.82, 2.24) is 0 Å². The van der Waals surface area contributed by atoms with Gasteiger partial charge in [-0.25, -0.2) is 0 Å². The molecular formula is C13H18W. The van der Waals surface area contributed by atoms with Crippen LogP contribution < -0.4 is 0 Å². The summed E-state index contributed by atoms with van der Waals surface area (Å²) in [5, 5.41) is 0. The molecule has 1 aliphatic carbocycles. The Kier molecular flexibility index (Phi) is 3.48. The SMILES string of the molecule is C=C1C(C)=CC/C1=C/[C](=[W])C(C)(C)C. The van der Waals surface area contributed by atoms with Gasteiger partial charge in [0.1, 0.15) is 0 Å². The van der Waals surface area contributed by atoms with Crippen LogP contribution in [0.15, 0.2) is 35.5 Å². The normalized spacial score (nSPS) is 20.1. The van der Waals surface area contributed by atoms with Gasteiger partial charge in [-0.05, 0) is 0 Å². The second-order valence-corrected chi connectivity index (χ2v) is 6.43. The predicted octanol–water partition coefficient (Wildman–Crippen LogP) is 3.58. The van der Waals surface area contributed by atoms with E-state index in [0.717, 1.165) is 6.42 Å². The van der Waals surface area contributed by atoms with Gasteiger partial charge in [0.2, 0.25) is 0 Å². The summed E-state index contributed by atoms with van der Waals surface area (Å²) in [6.07, 6.45) is 5.67. The second-order valence-electron chi connectivity index (χ2n) is 4.85. The molecule has 0 saturated heterocycles. The number of rotatable bonds is 1. The van der Waals surface area contributed by atoms with Crippen molar-refractivity contribution in [2.24, 2.45) is 5.41 Å². The molecule has 0 fully saturated rings. The van der Waals surface area contributed by atoms with E-state index in [2.05, 4.69) is 46.4 Å². The first kappa shape index (κ1) is 11.9. The molecule has 0 aliphatic heterocycles. The molecule has 1 aliphatic rings. The monoisotopic (exact) mass is 358 g/mol. The molecular weight excluding hydrogens is 340 g/mol. The Bertz CT molecular complexity index is 335. The Morgan fingerprint density at radius 1 is 1.50 bits per heavy atom. The number of allylic oxidation sites excluding steroid dienone is 5. The van der Waals surface area contributed by atoms with E-state index >= 15 is 0 Å². The standard InChI is InChI=1S/C13H18.W/c1-10-6-7-12(11(10)2)8-9-13(3,4)5;/h6,8H,2,7H2,1,3-5H3;/b12-8-;. The molecule has 0 aromatic carbocycles. The van der Waals surface area contributed by atoms with Crippen LogP contribution in [0.25, 0.3) is 0 Å². The maximum atomic E-state index is 4.11. The Hall–Kier alpha value is -0.222. The molecule has 0 nitrogen and oxygen atoms in total. The molecule has 0 radical (unpaired) electrons. The summed E-state index contributed by atoms with van der Waals surface area (Å²) in [7, 11) is 0. The Labute approximate surface area is 98.2 Å². The van der Waals surface area contributed by atoms with Crippen molar-refractivity contribution in [3.63, 3.8) is 0 Å². The molecule has 1 heteroatoms. The van der Waals surface area contributed by atoms with Gasteiger partial charge < -0.3 is 0 Å². The Morgan fingerprint density at radius 3 is 2.43 bits per heavy atom. The topological polar surface area (TPSA) is 0 Å². The molecule has 0 amide bonds. The van der Waals surface area contributed by atoms with Crippen LogP contribution >= 0.6 is 0 Å². The molecule has 76 valence electrons. The maximum absolute atomic E-state index is 4.11. The van der Waals surface area contributed by atoms with E-state index in [4.69, 9.17) is 0 Å². The van der Waals surface area contributed by atoms with Gasteiger partial charge in [-0.1, -0.05) is 0 Å². The van der Waals surface area contributed by atoms with E-state index in [1.54, 1.807) is 19.4 Å². The summed E-state index contributed by atoms with van der Waals surface area (Å²) in [5.41, 5.74) is 4.28. The van der Waals surface area contributed by atoms with Crippen molar-refractivity contribution in [3.8, 4) is 0 Å². The molecule has 0 aromatic rings. The van der Waals surface area contributed by atoms with Gasteiger partial charge in [-0.3, -0.25) is 0 Å². The minimum absolute atomic E-state index is 0.305. The van der Waals surface area contributed by atoms with Crippen LogP contribution in [-0.2, 0) is 19.4 Å². The van der Waals surface area contributed by atoms with E-state index in [-0.39, 0.29) is 0 Å². The molecule has 0 heterocycles. The zero-order valence-electron chi connectivity index (χ0n) is 9.48. The van der Waals surface area contributed by atoms with Crippen LogP contribution in [0, 0.1) is 5.41 Å². The molecule has 0 N–H and O–H groups in total. The number of hydrogen-bond acceptors (Lipinski definition) is 0. The van der Waals surface area contributed by atoms with Crippen molar-refractivity contribution in [1.29, 1.82) is 0 Å². The average Bonchev–Trinajstić information content (AvgIpc) is 2.34. The first-order valence-corrected chi connectivity index (χ1v) is 6.40. The van der Waals surface area contributed by atoms with Gasteiger partial charge in [-0.15, -0.1) is 0 Å². The van der Waals surface area contributed by atoms with Gasteiger partial charge in [-0.2, -0.15) is 0 Å². The summed E-state index contributed by atoms with van der Waals surface area (Å²) < 4.78 is 1.51. The molecule has 0 bridgehead atoms. The molecule has 14 heavy (non-hydrogen) atoms. The van der Waals surface area contributed by atoms with E-state index in [1.165, 1.54) is 20.6 Å². The molecule has 1 rings (SSSR count). The fourth-order valence-electron chi connectivity index (χ4n) is 1.28. The second kappa shape index (κ2) is 4.11. The van der Waals surface area contributed by atoms with Gasteiger partial charge in [0, 0.05) is 0 Å². The van der Waals surface area contributed by atoms with E-state index in [9.17, 15) is 0 Å². The zero-order chi connectivity index (χ0) is 10.9.